The molecule has 0 fully saturated rings. The first-order valence-electron chi connectivity index (χ1n) is 9.03. The molecule has 0 aliphatic carbocycles. The smallest absolute Gasteiger partial charge is 0.115 e. The van der Waals surface area contributed by atoms with Gasteiger partial charge in [-0.1, -0.05) is 43.3 Å². The summed E-state index contributed by atoms with van der Waals surface area (Å²) in [5.41, 5.74) is 2.05. The maximum absolute atomic E-state index is 10.5. The van der Waals surface area contributed by atoms with Crippen LogP contribution in [-0.2, 0) is 6.61 Å². The van der Waals surface area contributed by atoms with Crippen LogP contribution in [0, 0.1) is 5.92 Å². The van der Waals surface area contributed by atoms with Gasteiger partial charge in [0, 0.05) is 19.0 Å². The minimum Gasteiger partial charge on any atom is -0.508 e. The quantitative estimate of drug-likeness (QED) is 0.456. The normalized spacial score (nSPS) is 16.1. The highest BCUT2D eigenvalue weighted by atomic mass is 16.3. The zero-order chi connectivity index (χ0) is 20.0. The van der Waals surface area contributed by atoms with Gasteiger partial charge in [0.1, 0.15) is 5.75 Å². The van der Waals surface area contributed by atoms with E-state index in [0.717, 1.165) is 5.56 Å². The Morgan fingerprint density at radius 3 is 2.19 bits per heavy atom. The lowest BCUT2D eigenvalue weighted by Crippen LogP contribution is -2.37. The fourth-order valence-electron chi connectivity index (χ4n) is 3.03. The molecule has 6 heteroatoms. The van der Waals surface area contributed by atoms with Gasteiger partial charge in [0.25, 0.3) is 0 Å². The standard InChI is InChI=1S/C21H29NO5/c1-14(21(27)16-8-6-15(13-23)7-9-16)19(25)11-22(2)12-20(26)17-4-3-5-18(24)10-17/h3-10,14,19-21,23-27H,11-13H2,1-2H3. The Hall–Kier alpha value is -1.96. The Morgan fingerprint density at radius 2 is 1.59 bits per heavy atom. The van der Waals surface area contributed by atoms with Crippen molar-refractivity contribution in [3.63, 3.8) is 0 Å². The van der Waals surface area contributed by atoms with Gasteiger partial charge in [-0.2, -0.15) is 0 Å². The van der Waals surface area contributed by atoms with Gasteiger partial charge in [-0.05, 0) is 35.9 Å². The molecule has 6 nitrogen and oxygen atoms in total. The minimum absolute atomic E-state index is 0.0547. The highest BCUT2D eigenvalue weighted by Gasteiger charge is 2.25. The van der Waals surface area contributed by atoms with Gasteiger partial charge in [-0.25, -0.2) is 0 Å². The highest BCUT2D eigenvalue weighted by Crippen LogP contribution is 2.26. The lowest BCUT2D eigenvalue weighted by Gasteiger charge is -2.29. The average Bonchev–Trinajstić information content (AvgIpc) is 2.66. The van der Waals surface area contributed by atoms with E-state index in [1.54, 1.807) is 61.3 Å². The Labute approximate surface area is 160 Å². The van der Waals surface area contributed by atoms with Crippen molar-refractivity contribution in [2.24, 2.45) is 5.92 Å². The van der Waals surface area contributed by atoms with Crippen molar-refractivity contribution in [2.45, 2.75) is 31.8 Å². The van der Waals surface area contributed by atoms with Gasteiger partial charge >= 0.3 is 0 Å². The summed E-state index contributed by atoms with van der Waals surface area (Å²) in [4.78, 5) is 1.79. The highest BCUT2D eigenvalue weighted by molar-refractivity contribution is 5.28. The zero-order valence-electron chi connectivity index (χ0n) is 15.7. The van der Waals surface area contributed by atoms with Crippen molar-refractivity contribution in [3.8, 4) is 5.75 Å². The molecule has 0 aliphatic rings. The molecule has 0 saturated heterocycles. The van der Waals surface area contributed by atoms with Crippen LogP contribution in [0.2, 0.25) is 0 Å². The number of hydrogen-bond donors (Lipinski definition) is 5. The van der Waals surface area contributed by atoms with E-state index in [-0.39, 0.29) is 25.4 Å². The van der Waals surface area contributed by atoms with Crippen LogP contribution >= 0.6 is 0 Å². The summed E-state index contributed by atoms with van der Waals surface area (Å²) in [5.74, 6) is -0.316. The fraction of sp³-hybridized carbons (Fsp3) is 0.429. The van der Waals surface area contributed by atoms with Crippen LogP contribution in [-0.4, -0.2) is 56.7 Å². The molecule has 2 aromatic rings. The van der Waals surface area contributed by atoms with Crippen molar-refractivity contribution in [1.82, 2.24) is 4.90 Å². The number of benzene rings is 2. The van der Waals surface area contributed by atoms with Crippen LogP contribution < -0.4 is 0 Å². The fourth-order valence-corrected chi connectivity index (χ4v) is 3.03. The van der Waals surface area contributed by atoms with E-state index in [1.807, 2.05) is 0 Å². The maximum Gasteiger partial charge on any atom is 0.115 e. The van der Waals surface area contributed by atoms with Crippen LogP contribution in [0.5, 0.6) is 5.75 Å². The molecule has 0 heterocycles. The predicted octanol–water partition coefficient (Wildman–Crippen LogP) is 1.58. The second kappa shape index (κ2) is 9.82. The number of hydrogen-bond acceptors (Lipinski definition) is 6. The second-order valence-corrected chi connectivity index (χ2v) is 7.10. The molecule has 0 bridgehead atoms. The molecule has 2 rings (SSSR count). The Bertz CT molecular complexity index is 706. The Morgan fingerprint density at radius 1 is 0.926 bits per heavy atom. The molecule has 0 spiro atoms. The van der Waals surface area contributed by atoms with Crippen LogP contribution in [0.3, 0.4) is 0 Å². The number of rotatable bonds is 9. The summed E-state index contributed by atoms with van der Waals surface area (Å²) in [6.07, 6.45) is -2.42. The second-order valence-electron chi connectivity index (χ2n) is 7.10. The summed E-state index contributed by atoms with van der Waals surface area (Å²) >= 11 is 0. The third-order valence-electron chi connectivity index (χ3n) is 4.85. The molecule has 148 valence electrons. The minimum atomic E-state index is -0.836. The van der Waals surface area contributed by atoms with Crippen molar-refractivity contribution in [1.29, 1.82) is 0 Å². The Kier molecular flexibility index (Phi) is 7.77. The van der Waals surface area contributed by atoms with E-state index in [4.69, 9.17) is 5.11 Å². The zero-order valence-corrected chi connectivity index (χ0v) is 15.7. The van der Waals surface area contributed by atoms with E-state index in [0.29, 0.717) is 11.1 Å². The van der Waals surface area contributed by atoms with E-state index in [1.165, 1.54) is 6.07 Å². The van der Waals surface area contributed by atoms with E-state index in [9.17, 15) is 20.4 Å². The summed E-state index contributed by atoms with van der Waals surface area (Å²) < 4.78 is 0. The van der Waals surface area contributed by atoms with Crippen LogP contribution in [0.15, 0.2) is 48.5 Å². The van der Waals surface area contributed by atoms with Gasteiger partial charge in [-0.15, -0.1) is 0 Å². The first-order chi connectivity index (χ1) is 12.8. The van der Waals surface area contributed by atoms with E-state index in [2.05, 4.69) is 0 Å². The summed E-state index contributed by atoms with van der Waals surface area (Å²) in [6.45, 7) is 2.28. The van der Waals surface area contributed by atoms with Crippen molar-refractivity contribution < 1.29 is 25.5 Å². The van der Waals surface area contributed by atoms with Crippen molar-refractivity contribution in [3.05, 3.63) is 65.2 Å². The third-order valence-corrected chi connectivity index (χ3v) is 4.85. The number of aromatic hydroxyl groups is 1. The first-order valence-corrected chi connectivity index (χ1v) is 9.03. The van der Waals surface area contributed by atoms with Gasteiger partial charge < -0.3 is 30.4 Å². The predicted molar refractivity (Wildman–Crippen MR) is 103 cm³/mol. The topological polar surface area (TPSA) is 104 Å². The van der Waals surface area contributed by atoms with Crippen molar-refractivity contribution >= 4 is 0 Å². The number of aliphatic hydroxyl groups excluding tert-OH is 4. The lowest BCUT2D eigenvalue weighted by atomic mass is 9.91. The molecule has 0 radical (unpaired) electrons. The third kappa shape index (κ3) is 6.02. The number of phenolic OH excluding ortho intramolecular Hbond substituents is 1. The Balaban J connectivity index is 1.90. The van der Waals surface area contributed by atoms with Gasteiger partial charge in [0.15, 0.2) is 0 Å². The molecule has 2 aromatic carbocycles. The molecular formula is C21H29NO5. The van der Waals surface area contributed by atoms with E-state index < -0.39 is 24.2 Å². The molecule has 27 heavy (non-hydrogen) atoms. The monoisotopic (exact) mass is 375 g/mol. The molecule has 5 N–H and O–H groups in total. The summed E-state index contributed by atoms with van der Waals surface area (Å²) in [6, 6.07) is 13.4. The van der Waals surface area contributed by atoms with Gasteiger partial charge in [0.2, 0.25) is 0 Å². The van der Waals surface area contributed by atoms with Crippen LogP contribution in [0.4, 0.5) is 0 Å². The number of aliphatic hydroxyl groups is 4. The number of likely N-dealkylation sites (N-methyl/N-ethyl adjacent to an activating group) is 1. The van der Waals surface area contributed by atoms with E-state index >= 15 is 0 Å². The summed E-state index contributed by atoms with van der Waals surface area (Å²) in [5, 5.41) is 49.9. The van der Waals surface area contributed by atoms with Crippen LogP contribution in [0.25, 0.3) is 0 Å². The molecule has 0 aromatic heterocycles. The summed E-state index contributed by atoms with van der Waals surface area (Å²) in [7, 11) is 1.78. The maximum atomic E-state index is 10.5. The number of phenols is 1. The van der Waals surface area contributed by atoms with Crippen molar-refractivity contribution in [2.75, 3.05) is 20.1 Å². The average molecular weight is 375 g/mol. The van der Waals surface area contributed by atoms with Crippen LogP contribution in [0.1, 0.15) is 35.8 Å². The van der Waals surface area contributed by atoms with Gasteiger partial charge in [-0.3, -0.25) is 0 Å². The first kappa shape index (κ1) is 21.3. The molecule has 4 atom stereocenters. The largest absolute Gasteiger partial charge is 0.508 e. The van der Waals surface area contributed by atoms with Gasteiger partial charge in [0.05, 0.1) is 24.9 Å². The molecular weight excluding hydrogens is 346 g/mol. The molecule has 0 saturated carbocycles. The SMILES string of the molecule is CC(C(O)CN(C)CC(O)c1cccc(O)c1)C(O)c1ccc(CO)cc1. The number of nitrogens with zero attached hydrogens (tertiary/aromatic N) is 1. The lowest BCUT2D eigenvalue weighted by molar-refractivity contribution is -0.000719. The molecule has 0 aliphatic heterocycles. The molecule has 0 amide bonds. The molecule has 4 unspecified atom stereocenters.